The molecule has 2 aliphatic rings. The molecule has 2 aromatic rings. The average Bonchev–Trinajstić information content (AvgIpc) is 3.29. The lowest BCUT2D eigenvalue weighted by atomic mass is 10.1. The van der Waals surface area contributed by atoms with Crippen molar-refractivity contribution >= 4 is 41.8 Å². The maximum Gasteiger partial charge on any atom is 0.214 e. The zero-order valence-corrected chi connectivity index (χ0v) is 19.6. The topological polar surface area (TPSA) is 20.1 Å². The molecule has 0 saturated carbocycles. The van der Waals surface area contributed by atoms with Crippen LogP contribution in [0.15, 0.2) is 59.5 Å². The van der Waals surface area contributed by atoms with Crippen molar-refractivity contribution in [3.63, 3.8) is 0 Å². The maximum absolute atomic E-state index is 6.20. The third-order valence-electron chi connectivity index (χ3n) is 5.87. The fourth-order valence-electron chi connectivity index (χ4n) is 4.09. The Balaban J connectivity index is 1.36. The van der Waals surface area contributed by atoms with Crippen LogP contribution in [0.25, 0.3) is 6.08 Å². The normalized spacial score (nSPS) is 21.1. The van der Waals surface area contributed by atoms with Gasteiger partial charge in [-0.3, -0.25) is 0 Å². The molecule has 0 aromatic heterocycles. The Kier molecular flexibility index (Phi) is 6.98. The first kappa shape index (κ1) is 21.6. The van der Waals surface area contributed by atoms with Crippen molar-refractivity contribution in [1.29, 1.82) is 0 Å². The Hall–Kier alpha value is -1.60. The van der Waals surface area contributed by atoms with E-state index < -0.39 is 5.06 Å². The first-order chi connectivity index (χ1) is 14.6. The van der Waals surface area contributed by atoms with Gasteiger partial charge in [-0.2, -0.15) is 12.6 Å². The molecule has 6 heteroatoms. The summed E-state index contributed by atoms with van der Waals surface area (Å²) in [6.45, 7) is 5.08. The molecule has 2 heterocycles. The summed E-state index contributed by atoms with van der Waals surface area (Å²) >= 11 is 6.12. The summed E-state index contributed by atoms with van der Waals surface area (Å²) in [7, 11) is 4.42. The summed E-state index contributed by atoms with van der Waals surface area (Å²) in [4.78, 5) is 7.55. The van der Waals surface area contributed by atoms with E-state index in [4.69, 9.17) is 4.74 Å². The summed E-state index contributed by atoms with van der Waals surface area (Å²) in [5.74, 6) is 0.950. The number of thioether (sulfide) groups is 1. The van der Waals surface area contributed by atoms with E-state index in [2.05, 4.69) is 97.2 Å². The zero-order valence-electron chi connectivity index (χ0n) is 17.9. The number of hydrogen-bond acceptors (Lipinski definition) is 5. The molecule has 0 bridgehead atoms. The van der Waals surface area contributed by atoms with Gasteiger partial charge in [0.2, 0.25) is 5.06 Å². The molecule has 2 unspecified atom stereocenters. The molecule has 2 atom stereocenters. The predicted octanol–water partition coefficient (Wildman–Crippen LogP) is 3.27. The molecule has 0 amide bonds. The number of thiol groups is 1. The van der Waals surface area contributed by atoms with Gasteiger partial charge < -0.3 is 19.4 Å². The van der Waals surface area contributed by atoms with Gasteiger partial charge in [-0.25, -0.2) is 0 Å². The second-order valence-electron chi connectivity index (χ2n) is 8.08. The lowest BCUT2D eigenvalue weighted by Gasteiger charge is -2.27. The van der Waals surface area contributed by atoms with Crippen LogP contribution in [0.3, 0.4) is 0 Å². The van der Waals surface area contributed by atoms with Crippen LogP contribution in [0, 0.1) is 0 Å². The fraction of sp³-hybridized carbons (Fsp3) is 0.417. The van der Waals surface area contributed by atoms with Crippen LogP contribution >= 0.6 is 24.4 Å². The summed E-state index contributed by atoms with van der Waals surface area (Å²) in [6, 6.07) is 17.4. The number of nitrogens with one attached hydrogen (secondary N) is 1. The van der Waals surface area contributed by atoms with E-state index in [9.17, 15) is 0 Å². The minimum atomic E-state index is -0.402. The van der Waals surface area contributed by atoms with E-state index in [0.29, 0.717) is 0 Å². The van der Waals surface area contributed by atoms with E-state index in [-0.39, 0.29) is 0 Å². The first-order valence-corrected chi connectivity index (χ1v) is 12.2. The van der Waals surface area contributed by atoms with Gasteiger partial charge in [-0.05, 0) is 35.9 Å². The number of para-hydroxylation sites is 1. The standard InChI is InChI=1S/C24H31N3OS2/c1-25(17-19-29)14-5-15-26(2)21-10-8-20(9-11-21)12-13-24-27(16-18-28-24)22-6-3-4-7-23(22)30-24/h3-4,6-13,29H,5,14-19H2,1-2H3/p+1/b13-12+. The van der Waals surface area contributed by atoms with E-state index >= 15 is 0 Å². The molecule has 0 radical (unpaired) electrons. The molecule has 0 spiro atoms. The summed E-state index contributed by atoms with van der Waals surface area (Å²) in [6.07, 6.45) is 5.59. The Labute approximate surface area is 190 Å². The van der Waals surface area contributed by atoms with Gasteiger partial charge in [0.1, 0.15) is 0 Å². The van der Waals surface area contributed by atoms with Crippen LogP contribution in [-0.2, 0) is 4.74 Å². The Bertz CT molecular complexity index is 873. The quantitative estimate of drug-likeness (QED) is 0.581. The van der Waals surface area contributed by atoms with Gasteiger partial charge in [0.15, 0.2) is 0 Å². The van der Waals surface area contributed by atoms with E-state index in [1.54, 1.807) is 16.7 Å². The molecule has 2 aliphatic heterocycles. The van der Waals surface area contributed by atoms with Gasteiger partial charge in [0.25, 0.3) is 0 Å². The molecule has 1 N–H and O–H groups in total. The van der Waals surface area contributed by atoms with Crippen molar-refractivity contribution in [1.82, 2.24) is 0 Å². The zero-order chi connectivity index (χ0) is 21.0. The van der Waals surface area contributed by atoms with Gasteiger partial charge in [-0.15, -0.1) is 0 Å². The van der Waals surface area contributed by atoms with Crippen molar-refractivity contribution in [2.24, 2.45) is 0 Å². The minimum absolute atomic E-state index is 0.402. The van der Waals surface area contributed by atoms with Crippen molar-refractivity contribution < 1.29 is 9.64 Å². The third-order valence-corrected chi connectivity index (χ3v) is 7.42. The smallest absolute Gasteiger partial charge is 0.214 e. The number of fused-ring (bicyclic) bond motifs is 3. The minimum Gasteiger partial charge on any atom is -0.374 e. The Morgan fingerprint density at radius 3 is 2.80 bits per heavy atom. The number of rotatable bonds is 9. The van der Waals surface area contributed by atoms with Gasteiger partial charge >= 0.3 is 0 Å². The van der Waals surface area contributed by atoms with Crippen LogP contribution in [0.2, 0.25) is 0 Å². The number of ether oxygens (including phenoxy) is 1. The second-order valence-corrected chi connectivity index (χ2v) is 9.76. The molecular weight excluding hydrogens is 410 g/mol. The summed E-state index contributed by atoms with van der Waals surface area (Å²) in [5.41, 5.74) is 3.74. The van der Waals surface area contributed by atoms with E-state index in [1.807, 2.05) is 0 Å². The molecule has 160 valence electrons. The number of hydrogen-bond donors (Lipinski definition) is 2. The van der Waals surface area contributed by atoms with Crippen LogP contribution in [-0.4, -0.2) is 57.7 Å². The van der Waals surface area contributed by atoms with Gasteiger partial charge in [0.05, 0.1) is 32.4 Å². The van der Waals surface area contributed by atoms with Gasteiger partial charge in [-0.1, -0.05) is 42.1 Å². The van der Waals surface area contributed by atoms with Crippen LogP contribution in [0.4, 0.5) is 11.4 Å². The molecule has 0 aliphatic carbocycles. The molecule has 1 fully saturated rings. The molecule has 2 aromatic carbocycles. The molecular formula is C24H32N3OS2+. The average molecular weight is 443 g/mol. The highest BCUT2D eigenvalue weighted by Gasteiger charge is 2.47. The maximum atomic E-state index is 6.20. The SMILES string of the molecule is CN(CCC[NH+](C)CCS)c1ccc(/C=C/C23OCCN2c2ccccc2S3)cc1. The van der Waals surface area contributed by atoms with Crippen molar-refractivity contribution in [2.45, 2.75) is 16.4 Å². The number of nitrogens with zero attached hydrogens (tertiary/aromatic N) is 2. The lowest BCUT2D eigenvalue weighted by Crippen LogP contribution is -3.09. The van der Waals surface area contributed by atoms with Crippen molar-refractivity contribution in [3.05, 3.63) is 60.2 Å². The first-order valence-electron chi connectivity index (χ1n) is 10.7. The number of anilines is 2. The highest BCUT2D eigenvalue weighted by Crippen LogP contribution is 2.53. The Morgan fingerprint density at radius 1 is 1.20 bits per heavy atom. The lowest BCUT2D eigenvalue weighted by molar-refractivity contribution is -0.876. The highest BCUT2D eigenvalue weighted by molar-refractivity contribution is 8.01. The van der Waals surface area contributed by atoms with Gasteiger partial charge in [0, 0.05) is 42.9 Å². The predicted molar refractivity (Wildman–Crippen MR) is 132 cm³/mol. The highest BCUT2D eigenvalue weighted by atomic mass is 32.2. The Morgan fingerprint density at radius 2 is 2.00 bits per heavy atom. The van der Waals surface area contributed by atoms with E-state index in [0.717, 1.165) is 32.0 Å². The second kappa shape index (κ2) is 9.69. The monoisotopic (exact) mass is 442 g/mol. The fourth-order valence-corrected chi connectivity index (χ4v) is 5.79. The van der Waals surface area contributed by atoms with Crippen LogP contribution < -0.4 is 14.7 Å². The third kappa shape index (κ3) is 4.67. The molecule has 4 rings (SSSR count). The van der Waals surface area contributed by atoms with E-state index in [1.165, 1.54) is 34.8 Å². The number of quaternary nitrogens is 1. The van der Waals surface area contributed by atoms with Crippen LogP contribution in [0.1, 0.15) is 12.0 Å². The van der Waals surface area contributed by atoms with Crippen molar-refractivity contribution in [2.75, 3.05) is 62.4 Å². The van der Waals surface area contributed by atoms with Crippen LogP contribution in [0.5, 0.6) is 0 Å². The number of benzene rings is 2. The summed E-state index contributed by atoms with van der Waals surface area (Å²) < 4.78 is 6.20. The molecule has 1 saturated heterocycles. The summed E-state index contributed by atoms with van der Waals surface area (Å²) in [5, 5.41) is -0.402. The molecule has 30 heavy (non-hydrogen) atoms. The molecule has 4 nitrogen and oxygen atoms in total. The van der Waals surface area contributed by atoms with Crippen molar-refractivity contribution in [3.8, 4) is 0 Å². The largest absolute Gasteiger partial charge is 0.374 e.